The molecule has 2 unspecified atom stereocenters. The van der Waals surface area contributed by atoms with E-state index in [9.17, 15) is 24.0 Å². The first-order chi connectivity index (χ1) is 13.6. The van der Waals surface area contributed by atoms with Crippen molar-refractivity contribution in [2.45, 2.75) is 45.2 Å². The van der Waals surface area contributed by atoms with Crippen LogP contribution >= 0.6 is 0 Å². The highest BCUT2D eigenvalue weighted by Crippen LogP contribution is 2.36. The van der Waals surface area contributed by atoms with Crippen molar-refractivity contribution in [3.8, 4) is 0 Å². The van der Waals surface area contributed by atoms with Crippen LogP contribution in [0.3, 0.4) is 0 Å². The van der Waals surface area contributed by atoms with Gasteiger partial charge in [-0.1, -0.05) is 13.2 Å². The molecular formula is C18H23N3O8. The van der Waals surface area contributed by atoms with Crippen LogP contribution in [-0.4, -0.2) is 50.6 Å². The fraction of sp³-hybridized carbons (Fsp3) is 0.500. The van der Waals surface area contributed by atoms with Crippen LogP contribution < -0.4 is 17.1 Å². The number of carbonyl (C=O) groups excluding carboxylic acids is 2. The molecule has 0 spiro atoms. The Morgan fingerprint density at radius 2 is 1.34 bits per heavy atom. The maximum absolute atomic E-state index is 12.7. The molecule has 1 aromatic rings. The molecule has 1 fully saturated rings. The molecule has 0 aromatic carbocycles. The number of esters is 2. The van der Waals surface area contributed by atoms with Gasteiger partial charge in [-0.05, 0) is 13.8 Å². The first kappa shape index (κ1) is 22.1. The van der Waals surface area contributed by atoms with E-state index in [-0.39, 0.29) is 39.0 Å². The van der Waals surface area contributed by atoms with E-state index in [1.165, 1.54) is 0 Å². The summed E-state index contributed by atoms with van der Waals surface area (Å²) in [6, 6.07) is 0. The first-order valence-corrected chi connectivity index (χ1v) is 8.85. The topological polar surface area (TPSA) is 131 Å². The highest BCUT2D eigenvalue weighted by molar-refractivity contribution is 5.81. The van der Waals surface area contributed by atoms with Gasteiger partial charge in [-0.2, -0.15) is 0 Å². The van der Waals surface area contributed by atoms with Crippen LogP contribution in [0.1, 0.15) is 13.8 Å². The second-order valence-corrected chi connectivity index (χ2v) is 6.55. The minimum atomic E-state index is -0.907. The van der Waals surface area contributed by atoms with Gasteiger partial charge in [0.05, 0.1) is 25.7 Å². The first-order valence-electron chi connectivity index (χ1n) is 8.85. The summed E-state index contributed by atoms with van der Waals surface area (Å²) < 4.78 is 17.5. The molecule has 0 aliphatic carbocycles. The zero-order valence-corrected chi connectivity index (χ0v) is 16.3. The van der Waals surface area contributed by atoms with Gasteiger partial charge in [0, 0.05) is 12.2 Å². The standard InChI is InChI=1S/C18H23N3O8/c1-5-13(22)27-9-7-19-15(24)20(8-10-28-14(23)6-2)17(26)21(16(19)25)11-18(4)12(3)29-18/h5-6,12H,1-2,7-11H2,3-4H3. The van der Waals surface area contributed by atoms with Crippen LogP contribution in [0.4, 0.5) is 0 Å². The highest BCUT2D eigenvalue weighted by atomic mass is 16.6. The molecule has 1 aliphatic heterocycles. The van der Waals surface area contributed by atoms with Crippen LogP contribution in [-0.2, 0) is 43.4 Å². The van der Waals surface area contributed by atoms with E-state index < -0.39 is 34.6 Å². The number of nitrogens with zero attached hydrogens (tertiary/aromatic N) is 3. The van der Waals surface area contributed by atoms with E-state index in [0.29, 0.717) is 0 Å². The lowest BCUT2D eigenvalue weighted by Crippen LogP contribution is -2.56. The maximum Gasteiger partial charge on any atom is 0.336 e. The van der Waals surface area contributed by atoms with Crippen molar-refractivity contribution in [3.63, 3.8) is 0 Å². The molecule has 11 heteroatoms. The van der Waals surface area contributed by atoms with Crippen molar-refractivity contribution in [1.82, 2.24) is 13.7 Å². The largest absolute Gasteiger partial charge is 0.461 e. The number of rotatable bonds is 10. The summed E-state index contributed by atoms with van der Waals surface area (Å²) >= 11 is 0. The molecule has 158 valence electrons. The number of aromatic nitrogens is 3. The van der Waals surface area contributed by atoms with Crippen molar-refractivity contribution >= 4 is 11.9 Å². The van der Waals surface area contributed by atoms with Gasteiger partial charge in [-0.3, -0.25) is 0 Å². The third-order valence-electron chi connectivity index (χ3n) is 4.56. The maximum atomic E-state index is 12.7. The lowest BCUT2D eigenvalue weighted by atomic mass is 10.1. The van der Waals surface area contributed by atoms with Crippen LogP contribution in [0.25, 0.3) is 0 Å². The number of epoxide rings is 1. The van der Waals surface area contributed by atoms with Crippen molar-refractivity contribution in [1.29, 1.82) is 0 Å². The molecule has 1 aliphatic rings. The Morgan fingerprint density at radius 1 is 0.966 bits per heavy atom. The Morgan fingerprint density at radius 3 is 1.69 bits per heavy atom. The van der Waals surface area contributed by atoms with Gasteiger partial charge >= 0.3 is 29.0 Å². The molecule has 0 bridgehead atoms. The van der Waals surface area contributed by atoms with Gasteiger partial charge in [0.1, 0.15) is 18.8 Å². The van der Waals surface area contributed by atoms with Crippen LogP contribution in [0.2, 0.25) is 0 Å². The van der Waals surface area contributed by atoms with Crippen molar-refractivity contribution < 1.29 is 23.8 Å². The summed E-state index contributed by atoms with van der Waals surface area (Å²) in [5, 5.41) is 0. The van der Waals surface area contributed by atoms with E-state index in [1.807, 2.05) is 0 Å². The lowest BCUT2D eigenvalue weighted by molar-refractivity contribution is -0.138. The third kappa shape index (κ3) is 4.99. The van der Waals surface area contributed by atoms with Crippen LogP contribution in [0.5, 0.6) is 0 Å². The molecule has 2 atom stereocenters. The molecule has 1 saturated heterocycles. The SMILES string of the molecule is C=CC(=O)OCCn1c(=O)n(CCOC(=O)C=C)c(=O)n(CC2(C)OC2C)c1=O. The van der Waals surface area contributed by atoms with Gasteiger partial charge in [-0.15, -0.1) is 0 Å². The Labute approximate surface area is 165 Å². The normalized spacial score (nSPS) is 20.0. The molecule has 2 heterocycles. The van der Waals surface area contributed by atoms with E-state index in [1.54, 1.807) is 13.8 Å². The Bertz CT molecular complexity index is 938. The average molecular weight is 409 g/mol. The predicted molar refractivity (Wildman–Crippen MR) is 100 cm³/mol. The minimum Gasteiger partial charge on any atom is -0.461 e. The van der Waals surface area contributed by atoms with Gasteiger partial charge in [0.15, 0.2) is 0 Å². The summed E-state index contributed by atoms with van der Waals surface area (Å²) in [5.74, 6) is -1.42. The summed E-state index contributed by atoms with van der Waals surface area (Å²) in [7, 11) is 0. The molecule has 11 nitrogen and oxygen atoms in total. The van der Waals surface area contributed by atoms with Crippen LogP contribution in [0.15, 0.2) is 39.7 Å². The Kier molecular flexibility index (Phi) is 6.75. The lowest BCUT2D eigenvalue weighted by Gasteiger charge is -2.15. The smallest absolute Gasteiger partial charge is 0.336 e. The Balaban J connectivity index is 2.39. The van der Waals surface area contributed by atoms with E-state index in [2.05, 4.69) is 13.2 Å². The summed E-state index contributed by atoms with van der Waals surface area (Å²) in [4.78, 5) is 60.5. The number of hydrogen-bond acceptors (Lipinski definition) is 8. The second kappa shape index (κ2) is 8.86. The zero-order chi connectivity index (χ0) is 21.8. The Hall–Kier alpha value is -3.21. The third-order valence-corrected chi connectivity index (χ3v) is 4.56. The average Bonchev–Trinajstić information content (AvgIpc) is 3.29. The number of carbonyl (C=O) groups is 2. The van der Waals surface area contributed by atoms with Gasteiger partial charge < -0.3 is 14.2 Å². The van der Waals surface area contributed by atoms with Crippen molar-refractivity contribution in [2.75, 3.05) is 13.2 Å². The second-order valence-electron chi connectivity index (χ2n) is 6.55. The fourth-order valence-electron chi connectivity index (χ4n) is 2.64. The van der Waals surface area contributed by atoms with E-state index in [4.69, 9.17) is 14.2 Å². The van der Waals surface area contributed by atoms with Gasteiger partial charge in [0.25, 0.3) is 0 Å². The molecule has 0 saturated carbocycles. The van der Waals surface area contributed by atoms with E-state index >= 15 is 0 Å². The molecule has 2 rings (SSSR count). The summed E-state index contributed by atoms with van der Waals surface area (Å²) in [6.45, 7) is 8.90. The van der Waals surface area contributed by atoms with Crippen molar-refractivity contribution in [3.05, 3.63) is 56.8 Å². The summed E-state index contributed by atoms with van der Waals surface area (Å²) in [6.07, 6.45) is 1.73. The van der Waals surface area contributed by atoms with Crippen molar-refractivity contribution in [2.24, 2.45) is 0 Å². The molecule has 0 radical (unpaired) electrons. The van der Waals surface area contributed by atoms with Gasteiger partial charge in [-0.25, -0.2) is 37.7 Å². The minimum absolute atomic E-state index is 0.0645. The predicted octanol–water partition coefficient (Wildman–Crippen LogP) is -1.19. The monoisotopic (exact) mass is 409 g/mol. The fourth-order valence-corrected chi connectivity index (χ4v) is 2.64. The molecule has 1 aromatic heterocycles. The number of ether oxygens (including phenoxy) is 3. The highest BCUT2D eigenvalue weighted by Gasteiger charge is 2.49. The molecular weight excluding hydrogens is 386 g/mol. The zero-order valence-electron chi connectivity index (χ0n) is 16.3. The molecule has 0 amide bonds. The summed E-state index contributed by atoms with van der Waals surface area (Å²) in [5.41, 5.74) is -3.32. The van der Waals surface area contributed by atoms with Gasteiger partial charge in [0.2, 0.25) is 0 Å². The van der Waals surface area contributed by atoms with Crippen LogP contribution in [0, 0.1) is 0 Å². The number of hydrogen-bond donors (Lipinski definition) is 0. The van der Waals surface area contributed by atoms with E-state index in [0.717, 1.165) is 25.9 Å². The molecule has 29 heavy (non-hydrogen) atoms. The quantitative estimate of drug-likeness (QED) is 0.268. The molecule has 0 N–H and O–H groups in total.